The molecule has 6 nitrogen and oxygen atoms in total. The van der Waals surface area contributed by atoms with Gasteiger partial charge < -0.3 is 10.5 Å². The SMILES string of the molecule is C=Cc1cc(N)c([N+](=O)[O-])cc1C(=O)OC.Cl. The van der Waals surface area contributed by atoms with Crippen molar-refractivity contribution in [1.29, 1.82) is 0 Å². The zero-order valence-corrected chi connectivity index (χ0v) is 9.82. The molecule has 17 heavy (non-hydrogen) atoms. The Hall–Kier alpha value is -2.08. The van der Waals surface area contributed by atoms with Crippen molar-refractivity contribution in [1.82, 2.24) is 0 Å². The van der Waals surface area contributed by atoms with E-state index in [1.165, 1.54) is 19.3 Å². The number of nitrogen functional groups attached to an aromatic ring is 1. The van der Waals surface area contributed by atoms with Crippen LogP contribution in [-0.4, -0.2) is 18.0 Å². The predicted octanol–water partition coefficient (Wildman–Crippen LogP) is 2.03. The van der Waals surface area contributed by atoms with Gasteiger partial charge in [-0.2, -0.15) is 0 Å². The van der Waals surface area contributed by atoms with Gasteiger partial charge in [-0.15, -0.1) is 12.4 Å². The van der Waals surface area contributed by atoms with Crippen LogP contribution in [0.15, 0.2) is 18.7 Å². The van der Waals surface area contributed by atoms with Crippen molar-refractivity contribution in [3.8, 4) is 0 Å². The number of hydrogen-bond acceptors (Lipinski definition) is 5. The third kappa shape index (κ3) is 2.94. The highest BCUT2D eigenvalue weighted by atomic mass is 35.5. The molecule has 2 N–H and O–H groups in total. The predicted molar refractivity (Wildman–Crippen MR) is 66.2 cm³/mol. The van der Waals surface area contributed by atoms with Crippen LogP contribution in [-0.2, 0) is 4.74 Å². The summed E-state index contributed by atoms with van der Waals surface area (Å²) in [5, 5.41) is 10.6. The zero-order chi connectivity index (χ0) is 12.3. The minimum atomic E-state index is -0.669. The molecule has 0 saturated heterocycles. The summed E-state index contributed by atoms with van der Waals surface area (Å²) in [7, 11) is 1.19. The fraction of sp³-hybridized carbons (Fsp3) is 0.100. The first kappa shape index (κ1) is 14.9. The van der Waals surface area contributed by atoms with Crippen molar-refractivity contribution in [2.45, 2.75) is 0 Å². The average Bonchev–Trinajstić information content (AvgIpc) is 2.27. The number of nitro benzene ring substituents is 1. The Bertz CT molecular complexity index is 474. The number of ether oxygens (including phenoxy) is 1. The van der Waals surface area contributed by atoms with Crippen molar-refractivity contribution in [3.05, 3.63) is 40.0 Å². The van der Waals surface area contributed by atoms with Gasteiger partial charge in [0.1, 0.15) is 5.69 Å². The lowest BCUT2D eigenvalue weighted by atomic mass is 10.1. The summed E-state index contributed by atoms with van der Waals surface area (Å²) in [6.45, 7) is 3.49. The van der Waals surface area contributed by atoms with Crippen molar-refractivity contribution in [3.63, 3.8) is 0 Å². The van der Waals surface area contributed by atoms with Crippen LogP contribution in [0.5, 0.6) is 0 Å². The lowest BCUT2D eigenvalue weighted by Crippen LogP contribution is -2.06. The number of esters is 1. The number of carbonyl (C=O) groups is 1. The molecular weight excluding hydrogens is 248 g/mol. The molecule has 7 heteroatoms. The number of carbonyl (C=O) groups excluding carboxylic acids is 1. The molecule has 0 aliphatic heterocycles. The monoisotopic (exact) mass is 258 g/mol. The number of nitrogens with zero attached hydrogens (tertiary/aromatic N) is 1. The Labute approximate surface area is 104 Å². The minimum Gasteiger partial charge on any atom is -0.465 e. The number of rotatable bonds is 3. The number of anilines is 1. The molecule has 0 unspecified atom stereocenters. The second-order valence-electron chi connectivity index (χ2n) is 2.95. The Balaban J connectivity index is 0.00000256. The maximum absolute atomic E-state index is 11.3. The molecular formula is C10H11ClN2O4. The van der Waals surface area contributed by atoms with E-state index in [0.717, 1.165) is 6.07 Å². The van der Waals surface area contributed by atoms with Gasteiger partial charge in [0.15, 0.2) is 0 Å². The van der Waals surface area contributed by atoms with E-state index in [1.54, 1.807) is 0 Å². The van der Waals surface area contributed by atoms with Gasteiger partial charge in [-0.25, -0.2) is 4.79 Å². The molecule has 0 saturated carbocycles. The fourth-order valence-electron chi connectivity index (χ4n) is 1.24. The molecule has 0 heterocycles. The lowest BCUT2D eigenvalue weighted by molar-refractivity contribution is -0.383. The summed E-state index contributed by atoms with van der Waals surface area (Å²) < 4.78 is 4.50. The number of methoxy groups -OCH3 is 1. The van der Waals surface area contributed by atoms with E-state index in [2.05, 4.69) is 11.3 Å². The third-order valence-corrected chi connectivity index (χ3v) is 2.02. The number of halogens is 1. The van der Waals surface area contributed by atoms with Crippen molar-refractivity contribution in [2.24, 2.45) is 0 Å². The van der Waals surface area contributed by atoms with Gasteiger partial charge >= 0.3 is 5.97 Å². The highest BCUT2D eigenvalue weighted by molar-refractivity contribution is 5.95. The van der Waals surface area contributed by atoms with Gasteiger partial charge in [0, 0.05) is 6.07 Å². The Morgan fingerprint density at radius 1 is 1.59 bits per heavy atom. The van der Waals surface area contributed by atoms with Crippen LogP contribution in [0.1, 0.15) is 15.9 Å². The minimum absolute atomic E-state index is 0. The van der Waals surface area contributed by atoms with Crippen molar-refractivity contribution < 1.29 is 14.5 Å². The number of hydrogen-bond donors (Lipinski definition) is 1. The van der Waals surface area contributed by atoms with E-state index in [1.807, 2.05) is 0 Å². The second-order valence-corrected chi connectivity index (χ2v) is 2.95. The van der Waals surface area contributed by atoms with Gasteiger partial charge in [-0.05, 0) is 11.6 Å². The van der Waals surface area contributed by atoms with E-state index < -0.39 is 10.9 Å². The first-order valence-corrected chi connectivity index (χ1v) is 4.30. The van der Waals surface area contributed by atoms with Gasteiger partial charge in [0.05, 0.1) is 17.6 Å². The largest absolute Gasteiger partial charge is 0.465 e. The van der Waals surface area contributed by atoms with Gasteiger partial charge in [-0.3, -0.25) is 10.1 Å². The quantitative estimate of drug-likeness (QED) is 0.387. The molecule has 0 aliphatic rings. The fourth-order valence-corrected chi connectivity index (χ4v) is 1.24. The molecule has 92 valence electrons. The molecule has 0 atom stereocenters. The molecule has 0 aliphatic carbocycles. The summed E-state index contributed by atoms with van der Waals surface area (Å²) in [5.74, 6) is -0.669. The second kappa shape index (κ2) is 5.86. The zero-order valence-electron chi connectivity index (χ0n) is 9.00. The highest BCUT2D eigenvalue weighted by Crippen LogP contribution is 2.26. The normalized spacial score (nSPS) is 9.00. The number of benzene rings is 1. The Kier molecular flexibility index (Phi) is 5.14. The molecule has 1 aromatic rings. The van der Waals surface area contributed by atoms with Gasteiger partial charge in [0.25, 0.3) is 5.69 Å². The average molecular weight is 259 g/mol. The molecule has 1 rings (SSSR count). The smallest absolute Gasteiger partial charge is 0.338 e. The maximum Gasteiger partial charge on any atom is 0.338 e. The van der Waals surface area contributed by atoms with Crippen LogP contribution in [0.25, 0.3) is 6.08 Å². The third-order valence-electron chi connectivity index (χ3n) is 2.02. The van der Waals surface area contributed by atoms with E-state index >= 15 is 0 Å². The van der Waals surface area contributed by atoms with E-state index in [0.29, 0.717) is 5.56 Å². The molecule has 0 aromatic heterocycles. The van der Waals surface area contributed by atoms with Crippen LogP contribution in [0.3, 0.4) is 0 Å². The summed E-state index contributed by atoms with van der Waals surface area (Å²) in [6.07, 6.45) is 1.38. The molecule has 0 spiro atoms. The first-order valence-electron chi connectivity index (χ1n) is 4.30. The summed E-state index contributed by atoms with van der Waals surface area (Å²) >= 11 is 0. The molecule has 0 radical (unpaired) electrons. The van der Waals surface area contributed by atoms with Gasteiger partial charge in [0.2, 0.25) is 0 Å². The van der Waals surface area contributed by atoms with Gasteiger partial charge in [-0.1, -0.05) is 12.7 Å². The molecule has 0 fully saturated rings. The topological polar surface area (TPSA) is 95.5 Å². The van der Waals surface area contributed by atoms with Crippen LogP contribution in [0.4, 0.5) is 11.4 Å². The molecule has 0 bridgehead atoms. The Morgan fingerprint density at radius 2 is 2.18 bits per heavy atom. The highest BCUT2D eigenvalue weighted by Gasteiger charge is 2.19. The maximum atomic E-state index is 11.3. The molecule has 1 aromatic carbocycles. The van der Waals surface area contributed by atoms with Crippen molar-refractivity contribution >= 4 is 35.8 Å². The summed E-state index contributed by atoms with van der Waals surface area (Å²) in [6, 6.07) is 2.40. The summed E-state index contributed by atoms with van der Waals surface area (Å²) in [5.41, 5.74) is 5.58. The van der Waals surface area contributed by atoms with E-state index in [-0.39, 0.29) is 29.3 Å². The lowest BCUT2D eigenvalue weighted by Gasteiger charge is -2.05. The van der Waals surface area contributed by atoms with Crippen LogP contribution >= 0.6 is 12.4 Å². The number of nitro groups is 1. The van der Waals surface area contributed by atoms with Crippen molar-refractivity contribution in [2.75, 3.05) is 12.8 Å². The van der Waals surface area contributed by atoms with Crippen LogP contribution < -0.4 is 5.73 Å². The van der Waals surface area contributed by atoms with Crippen LogP contribution in [0.2, 0.25) is 0 Å². The van der Waals surface area contributed by atoms with Crippen LogP contribution in [0, 0.1) is 10.1 Å². The van der Waals surface area contributed by atoms with E-state index in [9.17, 15) is 14.9 Å². The molecule has 0 amide bonds. The Morgan fingerprint density at radius 3 is 2.59 bits per heavy atom. The van der Waals surface area contributed by atoms with E-state index in [4.69, 9.17) is 5.73 Å². The summed E-state index contributed by atoms with van der Waals surface area (Å²) in [4.78, 5) is 21.3. The first-order chi connectivity index (χ1) is 7.51. The number of nitrogens with two attached hydrogens (primary N) is 1. The standard InChI is InChI=1S/C10H10N2O4.ClH/c1-3-6-4-8(11)9(12(14)15)5-7(6)10(13)16-2;/h3-5H,1,11H2,2H3;1H.